The lowest BCUT2D eigenvalue weighted by Gasteiger charge is -2.41. The van der Waals surface area contributed by atoms with Crippen LogP contribution in [-0.2, 0) is 8.85 Å². The summed E-state index contributed by atoms with van der Waals surface area (Å²) in [6, 6.07) is 2.38. The van der Waals surface area contributed by atoms with Crippen LogP contribution in [0.25, 0.3) is 0 Å². The smallest absolute Gasteiger partial charge is 0.249 e. The van der Waals surface area contributed by atoms with Gasteiger partial charge in [0.15, 0.2) is 13.9 Å². The quantitative estimate of drug-likeness (QED) is 0.420. The lowest BCUT2D eigenvalue weighted by atomic mass is 10.0. The summed E-state index contributed by atoms with van der Waals surface area (Å²) in [6.07, 6.45) is 4.17. The number of rotatable bonds is 6. The van der Waals surface area contributed by atoms with Gasteiger partial charge in [0, 0.05) is 0 Å². The van der Waals surface area contributed by atoms with E-state index in [1.165, 1.54) is 0 Å². The van der Waals surface area contributed by atoms with Gasteiger partial charge in [-0.25, -0.2) is 0 Å². The summed E-state index contributed by atoms with van der Waals surface area (Å²) in [5.41, 5.74) is -0.897. The summed E-state index contributed by atoms with van der Waals surface area (Å²) in [5.74, 6) is 0. The second-order valence-corrected chi connectivity index (χ2v) is 18.9. The molecular weight excluding hydrogens is 318 g/mol. The monoisotopic (exact) mass is 355 g/mol. The van der Waals surface area contributed by atoms with E-state index in [1.807, 2.05) is 13.0 Å². The van der Waals surface area contributed by atoms with E-state index in [1.54, 1.807) is 6.26 Å². The molecule has 0 fully saturated rings. The number of nitrogens with zero attached hydrogens (tertiary/aromatic N) is 1. The molecule has 1 unspecified atom stereocenters. The van der Waals surface area contributed by atoms with Crippen molar-refractivity contribution in [3.63, 3.8) is 0 Å². The van der Waals surface area contributed by atoms with Crippen LogP contribution >= 0.6 is 0 Å². The molecular formula is C18H37NO2Si2. The van der Waals surface area contributed by atoms with Crippen LogP contribution in [0.5, 0.6) is 0 Å². The maximum absolute atomic E-state index is 9.75. The molecule has 1 atom stereocenters. The van der Waals surface area contributed by atoms with Gasteiger partial charge in [0.05, 0.1) is 6.26 Å². The van der Waals surface area contributed by atoms with Gasteiger partial charge in [0.25, 0.3) is 0 Å². The first-order valence-corrected chi connectivity index (χ1v) is 14.3. The highest BCUT2D eigenvalue weighted by molar-refractivity contribution is 6.74. The SMILES string of the molecule is CCC(C#N)(C=CO[Si](C)(C)C(C)(C)C)O[Si](C)(C)C(C)(C)C. The Morgan fingerprint density at radius 1 is 0.913 bits per heavy atom. The molecule has 0 bridgehead atoms. The maximum atomic E-state index is 9.75. The lowest BCUT2D eigenvalue weighted by molar-refractivity contribution is 0.151. The molecule has 23 heavy (non-hydrogen) atoms. The van der Waals surface area contributed by atoms with E-state index in [2.05, 4.69) is 73.8 Å². The van der Waals surface area contributed by atoms with Gasteiger partial charge in [-0.2, -0.15) is 5.26 Å². The standard InChI is InChI=1S/C18H37NO2Si2/c1-12-18(15-19,21-23(10,11)17(5,6)7)13-14-20-22(8,9)16(2,3)4/h13-14H,12H2,1-11H3. The van der Waals surface area contributed by atoms with E-state index in [0.717, 1.165) is 0 Å². The van der Waals surface area contributed by atoms with Crippen molar-refractivity contribution in [1.29, 1.82) is 5.26 Å². The van der Waals surface area contributed by atoms with E-state index in [4.69, 9.17) is 8.85 Å². The van der Waals surface area contributed by atoms with Gasteiger partial charge in [-0.05, 0) is 48.8 Å². The van der Waals surface area contributed by atoms with E-state index in [9.17, 15) is 5.26 Å². The fourth-order valence-electron chi connectivity index (χ4n) is 1.46. The molecule has 0 aromatic rings. The van der Waals surface area contributed by atoms with Crippen LogP contribution in [-0.4, -0.2) is 22.2 Å². The molecule has 0 saturated heterocycles. The van der Waals surface area contributed by atoms with Crippen LogP contribution in [0.2, 0.25) is 36.3 Å². The third-order valence-electron chi connectivity index (χ3n) is 5.46. The Balaban J connectivity index is 5.37. The Bertz CT molecular complexity index is 465. The topological polar surface area (TPSA) is 42.2 Å². The van der Waals surface area contributed by atoms with Crippen LogP contribution in [0.4, 0.5) is 0 Å². The first-order valence-electron chi connectivity index (χ1n) is 8.50. The molecule has 0 radical (unpaired) electrons. The Hall–Kier alpha value is -0.576. The summed E-state index contributed by atoms with van der Waals surface area (Å²) >= 11 is 0. The molecule has 0 saturated carbocycles. The zero-order valence-electron chi connectivity index (χ0n) is 17.1. The van der Waals surface area contributed by atoms with Crippen molar-refractivity contribution in [3.8, 4) is 6.07 Å². The van der Waals surface area contributed by atoms with E-state index >= 15 is 0 Å². The van der Waals surface area contributed by atoms with Crippen LogP contribution in [0.3, 0.4) is 0 Å². The third kappa shape index (κ3) is 5.77. The van der Waals surface area contributed by atoms with Crippen molar-refractivity contribution in [3.05, 3.63) is 12.3 Å². The van der Waals surface area contributed by atoms with Gasteiger partial charge >= 0.3 is 0 Å². The highest BCUT2D eigenvalue weighted by Crippen LogP contribution is 2.40. The largest absolute Gasteiger partial charge is 0.549 e. The molecule has 0 N–H and O–H groups in total. The minimum atomic E-state index is -2.03. The van der Waals surface area contributed by atoms with Crippen molar-refractivity contribution in [2.45, 2.75) is 96.8 Å². The first kappa shape index (κ1) is 22.4. The summed E-state index contributed by atoms with van der Waals surface area (Å²) in [7, 11) is -3.90. The average Bonchev–Trinajstić information content (AvgIpc) is 2.34. The van der Waals surface area contributed by atoms with Crippen molar-refractivity contribution in [2.75, 3.05) is 0 Å². The zero-order chi connectivity index (χ0) is 18.7. The Morgan fingerprint density at radius 3 is 1.65 bits per heavy atom. The second-order valence-electron chi connectivity index (χ2n) is 9.40. The predicted octanol–water partition coefficient (Wildman–Crippen LogP) is 6.22. The average molecular weight is 356 g/mol. The van der Waals surface area contributed by atoms with Crippen LogP contribution in [0.1, 0.15) is 54.9 Å². The molecule has 0 aliphatic heterocycles. The normalized spacial score (nSPS) is 17.0. The molecule has 3 nitrogen and oxygen atoms in total. The molecule has 0 heterocycles. The fourth-order valence-corrected chi connectivity index (χ4v) is 3.70. The van der Waals surface area contributed by atoms with Crippen molar-refractivity contribution < 1.29 is 8.85 Å². The number of hydrogen-bond acceptors (Lipinski definition) is 3. The first-order chi connectivity index (χ1) is 10.0. The lowest BCUT2D eigenvalue weighted by Crippen LogP contribution is -2.48. The fraction of sp³-hybridized carbons (Fsp3) is 0.833. The minimum absolute atomic E-state index is 0.0679. The highest BCUT2D eigenvalue weighted by atomic mass is 28.4. The maximum Gasteiger partial charge on any atom is 0.249 e. The molecule has 0 aliphatic rings. The molecule has 134 valence electrons. The van der Waals surface area contributed by atoms with Crippen LogP contribution in [0.15, 0.2) is 12.3 Å². The summed E-state index contributed by atoms with van der Waals surface area (Å²) < 4.78 is 12.5. The van der Waals surface area contributed by atoms with Gasteiger partial charge in [-0.3, -0.25) is 0 Å². The molecule has 0 amide bonds. The molecule has 0 rings (SSSR count). The molecule has 5 heteroatoms. The minimum Gasteiger partial charge on any atom is -0.549 e. The van der Waals surface area contributed by atoms with Crippen molar-refractivity contribution >= 4 is 16.6 Å². The van der Waals surface area contributed by atoms with Gasteiger partial charge in [0.1, 0.15) is 6.07 Å². The van der Waals surface area contributed by atoms with E-state index in [-0.39, 0.29) is 10.1 Å². The van der Waals surface area contributed by atoms with Gasteiger partial charge < -0.3 is 8.85 Å². The van der Waals surface area contributed by atoms with Crippen molar-refractivity contribution in [2.24, 2.45) is 0 Å². The number of hydrogen-bond donors (Lipinski definition) is 0. The Morgan fingerprint density at radius 2 is 1.35 bits per heavy atom. The van der Waals surface area contributed by atoms with Gasteiger partial charge in [-0.15, -0.1) is 0 Å². The summed E-state index contributed by atoms with van der Waals surface area (Å²) in [6.45, 7) is 23.9. The summed E-state index contributed by atoms with van der Waals surface area (Å²) in [5, 5.41) is 9.95. The third-order valence-corrected chi connectivity index (χ3v) is 14.3. The van der Waals surface area contributed by atoms with E-state index in [0.29, 0.717) is 6.42 Å². The number of nitriles is 1. The molecule has 0 aromatic carbocycles. The predicted molar refractivity (Wildman–Crippen MR) is 104 cm³/mol. The highest BCUT2D eigenvalue weighted by Gasteiger charge is 2.44. The van der Waals surface area contributed by atoms with Gasteiger partial charge in [-0.1, -0.05) is 48.5 Å². The Labute approximate surface area is 146 Å². The van der Waals surface area contributed by atoms with Crippen LogP contribution < -0.4 is 0 Å². The van der Waals surface area contributed by atoms with Crippen molar-refractivity contribution in [1.82, 2.24) is 0 Å². The molecule has 0 aliphatic carbocycles. The molecule has 0 spiro atoms. The van der Waals surface area contributed by atoms with Gasteiger partial charge in [0.2, 0.25) is 8.32 Å². The van der Waals surface area contributed by atoms with E-state index < -0.39 is 22.2 Å². The summed E-state index contributed by atoms with van der Waals surface area (Å²) in [4.78, 5) is 0. The van der Waals surface area contributed by atoms with Crippen LogP contribution in [0, 0.1) is 11.3 Å². The Kier molecular flexibility index (Phi) is 6.94. The second kappa shape index (κ2) is 7.12. The zero-order valence-corrected chi connectivity index (χ0v) is 19.1. The molecule has 0 aromatic heterocycles.